The summed E-state index contributed by atoms with van der Waals surface area (Å²) in [5.41, 5.74) is 6.50. The van der Waals surface area contributed by atoms with E-state index in [0.29, 0.717) is 12.1 Å². The van der Waals surface area contributed by atoms with E-state index in [4.69, 9.17) is 10.5 Å². The van der Waals surface area contributed by atoms with Crippen LogP contribution in [-0.4, -0.2) is 91.9 Å². The molecule has 0 aromatic carbocycles. The van der Waals surface area contributed by atoms with E-state index < -0.39 is 0 Å². The maximum Gasteiger partial charge on any atom is 0.0594 e. The third kappa shape index (κ3) is 3.13. The number of hydrogen-bond acceptors (Lipinski definition) is 5. The maximum atomic E-state index is 6.26. The lowest BCUT2D eigenvalue weighted by Crippen LogP contribution is -2.61. The molecule has 3 heterocycles. The second-order valence-electron chi connectivity index (χ2n) is 7.25. The number of likely N-dealkylation sites (tertiary alicyclic amines) is 2. The monoisotopic (exact) mass is 296 g/mol. The number of piperidine rings is 1. The van der Waals surface area contributed by atoms with Crippen LogP contribution in [0.4, 0.5) is 0 Å². The van der Waals surface area contributed by atoms with Gasteiger partial charge in [-0.3, -0.25) is 9.80 Å². The number of hydrogen-bond donors (Lipinski definition) is 1. The van der Waals surface area contributed by atoms with Crippen LogP contribution in [0.15, 0.2) is 0 Å². The molecule has 3 atom stereocenters. The first kappa shape index (κ1) is 15.7. The van der Waals surface area contributed by atoms with Crippen LogP contribution in [0.1, 0.15) is 26.2 Å². The van der Waals surface area contributed by atoms with Gasteiger partial charge in [-0.25, -0.2) is 0 Å². The van der Waals surface area contributed by atoms with Gasteiger partial charge in [-0.1, -0.05) is 0 Å². The van der Waals surface area contributed by atoms with E-state index in [2.05, 4.69) is 28.7 Å². The summed E-state index contributed by atoms with van der Waals surface area (Å²) in [5, 5.41) is 0. The molecule has 0 aromatic rings. The van der Waals surface area contributed by atoms with Crippen LogP contribution in [0.25, 0.3) is 0 Å². The normalized spacial score (nSPS) is 40.7. The highest BCUT2D eigenvalue weighted by Crippen LogP contribution is 2.34. The topological polar surface area (TPSA) is 45.0 Å². The molecular weight excluding hydrogens is 264 g/mol. The minimum absolute atomic E-state index is 0.243. The van der Waals surface area contributed by atoms with E-state index in [1.54, 1.807) is 0 Å². The van der Waals surface area contributed by atoms with E-state index >= 15 is 0 Å². The van der Waals surface area contributed by atoms with Crippen LogP contribution in [0.3, 0.4) is 0 Å². The van der Waals surface area contributed by atoms with Crippen LogP contribution in [0.5, 0.6) is 0 Å². The second-order valence-corrected chi connectivity index (χ2v) is 7.25. The highest BCUT2D eigenvalue weighted by atomic mass is 16.5. The molecule has 21 heavy (non-hydrogen) atoms. The molecule has 5 nitrogen and oxygen atoms in total. The first-order valence-corrected chi connectivity index (χ1v) is 8.62. The zero-order valence-corrected chi connectivity index (χ0v) is 13.8. The Morgan fingerprint density at radius 3 is 2.62 bits per heavy atom. The van der Waals surface area contributed by atoms with Crippen molar-refractivity contribution in [3.63, 3.8) is 0 Å². The Balaban J connectivity index is 1.63. The highest BCUT2D eigenvalue weighted by Gasteiger charge is 2.44. The average Bonchev–Trinajstić information content (AvgIpc) is 3.02. The number of morpholine rings is 1. The van der Waals surface area contributed by atoms with E-state index in [1.165, 1.54) is 38.9 Å². The van der Waals surface area contributed by atoms with Crippen LogP contribution < -0.4 is 5.73 Å². The van der Waals surface area contributed by atoms with Crippen LogP contribution in [0.2, 0.25) is 0 Å². The Labute approximate surface area is 129 Å². The fourth-order valence-corrected chi connectivity index (χ4v) is 4.43. The molecule has 0 aromatic heterocycles. The van der Waals surface area contributed by atoms with Crippen LogP contribution >= 0.6 is 0 Å². The Bertz CT molecular complexity index is 347. The van der Waals surface area contributed by atoms with Crippen molar-refractivity contribution in [2.75, 3.05) is 59.5 Å². The lowest BCUT2D eigenvalue weighted by atomic mass is 9.82. The van der Waals surface area contributed by atoms with Crippen molar-refractivity contribution in [3.8, 4) is 0 Å². The summed E-state index contributed by atoms with van der Waals surface area (Å²) in [6.45, 7) is 10.8. The fourth-order valence-electron chi connectivity index (χ4n) is 4.43. The van der Waals surface area contributed by atoms with Gasteiger partial charge in [0.05, 0.1) is 13.2 Å². The standard InChI is InChI=1S/C16H32N4O/c1-14-11-16(13-17,4-6-18(14)2)20-5-3-15(12-20)19-7-9-21-10-8-19/h14-15H,3-13,17H2,1-2H3. The number of rotatable bonds is 3. The number of nitrogens with two attached hydrogens (primary N) is 1. The molecule has 3 rings (SSSR count). The van der Waals surface area contributed by atoms with Crippen molar-refractivity contribution in [2.45, 2.75) is 43.8 Å². The Morgan fingerprint density at radius 2 is 1.95 bits per heavy atom. The van der Waals surface area contributed by atoms with Crippen molar-refractivity contribution in [2.24, 2.45) is 5.73 Å². The first-order valence-electron chi connectivity index (χ1n) is 8.62. The van der Waals surface area contributed by atoms with Gasteiger partial charge >= 0.3 is 0 Å². The Morgan fingerprint density at radius 1 is 1.19 bits per heavy atom. The quantitative estimate of drug-likeness (QED) is 0.806. The second kappa shape index (κ2) is 6.50. The summed E-state index contributed by atoms with van der Waals surface area (Å²) >= 11 is 0. The number of ether oxygens (including phenoxy) is 1. The van der Waals surface area contributed by atoms with Crippen molar-refractivity contribution in [1.29, 1.82) is 0 Å². The predicted octanol–water partition coefficient (Wildman–Crippen LogP) is 0.205. The third-order valence-corrected chi connectivity index (χ3v) is 6.13. The lowest BCUT2D eigenvalue weighted by molar-refractivity contribution is 0.00210. The summed E-state index contributed by atoms with van der Waals surface area (Å²) in [7, 11) is 2.24. The van der Waals surface area contributed by atoms with Gasteiger partial charge in [0, 0.05) is 50.3 Å². The summed E-state index contributed by atoms with van der Waals surface area (Å²) in [6, 6.07) is 1.36. The van der Waals surface area contributed by atoms with Gasteiger partial charge in [-0.15, -0.1) is 0 Å². The number of nitrogens with zero attached hydrogens (tertiary/aromatic N) is 3. The zero-order valence-electron chi connectivity index (χ0n) is 13.8. The molecule has 3 unspecified atom stereocenters. The molecule has 3 aliphatic rings. The molecule has 0 bridgehead atoms. The van der Waals surface area contributed by atoms with Gasteiger partial charge in [-0.2, -0.15) is 0 Å². The molecule has 5 heteroatoms. The molecule has 0 saturated carbocycles. The lowest BCUT2D eigenvalue weighted by Gasteiger charge is -2.49. The SMILES string of the molecule is CC1CC(CN)(N2CCC(N3CCOCC3)C2)CCN1C. The highest BCUT2D eigenvalue weighted by molar-refractivity contribution is 5.02. The van der Waals surface area contributed by atoms with E-state index in [1.807, 2.05) is 0 Å². The van der Waals surface area contributed by atoms with Gasteiger partial charge < -0.3 is 15.4 Å². The van der Waals surface area contributed by atoms with Crippen LogP contribution in [-0.2, 0) is 4.74 Å². The molecule has 2 N–H and O–H groups in total. The van der Waals surface area contributed by atoms with Gasteiger partial charge in [0.1, 0.15) is 0 Å². The van der Waals surface area contributed by atoms with Gasteiger partial charge in [0.25, 0.3) is 0 Å². The van der Waals surface area contributed by atoms with Crippen molar-refractivity contribution in [1.82, 2.24) is 14.7 Å². The van der Waals surface area contributed by atoms with Gasteiger partial charge in [0.2, 0.25) is 0 Å². The van der Waals surface area contributed by atoms with Crippen molar-refractivity contribution < 1.29 is 4.74 Å². The molecule has 0 amide bonds. The molecule has 0 radical (unpaired) electrons. The summed E-state index contributed by atoms with van der Waals surface area (Å²) in [4.78, 5) is 7.83. The summed E-state index contributed by atoms with van der Waals surface area (Å²) in [6.07, 6.45) is 3.74. The fraction of sp³-hybridized carbons (Fsp3) is 1.00. The Kier molecular flexibility index (Phi) is 4.86. The van der Waals surface area contributed by atoms with Gasteiger partial charge in [-0.05, 0) is 39.8 Å². The molecule has 3 aliphatic heterocycles. The first-order chi connectivity index (χ1) is 10.1. The summed E-state index contributed by atoms with van der Waals surface area (Å²) < 4.78 is 5.49. The minimum Gasteiger partial charge on any atom is -0.379 e. The molecule has 3 saturated heterocycles. The molecule has 0 aliphatic carbocycles. The van der Waals surface area contributed by atoms with Crippen LogP contribution in [0, 0.1) is 0 Å². The predicted molar refractivity (Wildman–Crippen MR) is 85.5 cm³/mol. The average molecular weight is 296 g/mol. The molecule has 122 valence electrons. The molecule has 3 fully saturated rings. The van der Waals surface area contributed by atoms with Crippen molar-refractivity contribution >= 4 is 0 Å². The van der Waals surface area contributed by atoms with Gasteiger partial charge in [0.15, 0.2) is 0 Å². The largest absolute Gasteiger partial charge is 0.379 e. The Hall–Kier alpha value is -0.200. The van der Waals surface area contributed by atoms with E-state index in [9.17, 15) is 0 Å². The maximum absolute atomic E-state index is 6.26. The van der Waals surface area contributed by atoms with E-state index in [0.717, 1.165) is 32.8 Å². The van der Waals surface area contributed by atoms with Crippen molar-refractivity contribution in [3.05, 3.63) is 0 Å². The molecular formula is C16H32N4O. The smallest absolute Gasteiger partial charge is 0.0594 e. The third-order valence-electron chi connectivity index (χ3n) is 6.13. The summed E-state index contributed by atoms with van der Waals surface area (Å²) in [5.74, 6) is 0. The van der Waals surface area contributed by atoms with E-state index in [-0.39, 0.29) is 5.54 Å². The zero-order chi connectivity index (χ0) is 14.9. The molecule has 0 spiro atoms. The minimum atomic E-state index is 0.243.